The maximum absolute atomic E-state index is 12.4. The summed E-state index contributed by atoms with van der Waals surface area (Å²) in [7, 11) is 0. The van der Waals surface area contributed by atoms with Gasteiger partial charge in [-0.15, -0.1) is 0 Å². The highest BCUT2D eigenvalue weighted by Crippen LogP contribution is 2.13. The van der Waals surface area contributed by atoms with Gasteiger partial charge in [0, 0.05) is 19.3 Å². The summed E-state index contributed by atoms with van der Waals surface area (Å²) in [5, 5.41) is 0. The molecule has 0 aliphatic heterocycles. The van der Waals surface area contributed by atoms with Crippen molar-refractivity contribution in [1.82, 2.24) is 0 Å². The Balaban J connectivity index is 4.25. The van der Waals surface area contributed by atoms with E-state index in [4.69, 9.17) is 14.2 Å². The molecule has 6 heteroatoms. The second kappa shape index (κ2) is 31.3. The number of esters is 3. The van der Waals surface area contributed by atoms with Crippen LogP contribution in [0.1, 0.15) is 188 Å². The second-order valence-corrected chi connectivity index (χ2v) is 11.8. The van der Waals surface area contributed by atoms with Gasteiger partial charge >= 0.3 is 17.9 Å². The summed E-state index contributed by atoms with van der Waals surface area (Å²) in [6.07, 6.45) is 26.9. The van der Waals surface area contributed by atoms with Gasteiger partial charge in [0.15, 0.2) is 6.10 Å². The quantitative estimate of drug-likeness (QED) is 0.0459. The topological polar surface area (TPSA) is 78.9 Å². The zero-order valence-electron chi connectivity index (χ0n) is 27.3. The Morgan fingerprint density at radius 1 is 0.390 bits per heavy atom. The van der Waals surface area contributed by atoms with Crippen LogP contribution >= 0.6 is 0 Å². The van der Waals surface area contributed by atoms with Crippen LogP contribution in [0.4, 0.5) is 0 Å². The maximum Gasteiger partial charge on any atom is 0.306 e. The second-order valence-electron chi connectivity index (χ2n) is 11.8. The van der Waals surface area contributed by atoms with Crippen LogP contribution in [0.25, 0.3) is 0 Å². The molecule has 0 radical (unpaired) electrons. The zero-order valence-corrected chi connectivity index (χ0v) is 27.3. The van der Waals surface area contributed by atoms with E-state index in [-0.39, 0.29) is 31.1 Å². The lowest BCUT2D eigenvalue weighted by molar-refractivity contribution is -0.167. The summed E-state index contributed by atoms with van der Waals surface area (Å²) < 4.78 is 16.4. The lowest BCUT2D eigenvalue weighted by Gasteiger charge is -2.18. The van der Waals surface area contributed by atoms with Crippen molar-refractivity contribution in [2.24, 2.45) is 0 Å². The SMILES string of the molecule is CCCCCCCCCCCCCC(=O)OC[C@H](COC(=O)CCCCCCCCC)OC(=O)CCCCCCC. The Kier molecular flexibility index (Phi) is 30.1. The van der Waals surface area contributed by atoms with Crippen molar-refractivity contribution in [1.29, 1.82) is 0 Å². The molecule has 0 aromatic carbocycles. The average molecular weight is 583 g/mol. The third kappa shape index (κ3) is 29.7. The van der Waals surface area contributed by atoms with E-state index in [0.29, 0.717) is 19.3 Å². The van der Waals surface area contributed by atoms with E-state index >= 15 is 0 Å². The molecule has 0 aromatic heterocycles. The van der Waals surface area contributed by atoms with E-state index in [9.17, 15) is 14.4 Å². The van der Waals surface area contributed by atoms with Crippen molar-refractivity contribution in [3.8, 4) is 0 Å². The molecule has 0 amide bonds. The smallest absolute Gasteiger partial charge is 0.306 e. The molecular weight excluding hydrogens is 516 g/mol. The van der Waals surface area contributed by atoms with Crippen LogP contribution in [0.15, 0.2) is 0 Å². The summed E-state index contributed by atoms with van der Waals surface area (Å²) in [4.78, 5) is 36.9. The van der Waals surface area contributed by atoms with Gasteiger partial charge in [-0.1, -0.05) is 149 Å². The summed E-state index contributed by atoms with van der Waals surface area (Å²) in [5.41, 5.74) is 0. The van der Waals surface area contributed by atoms with Crippen molar-refractivity contribution in [2.45, 2.75) is 194 Å². The van der Waals surface area contributed by atoms with E-state index in [1.165, 1.54) is 83.5 Å². The molecule has 0 bridgehead atoms. The van der Waals surface area contributed by atoms with E-state index in [1.807, 2.05) is 0 Å². The van der Waals surface area contributed by atoms with Gasteiger partial charge in [-0.3, -0.25) is 14.4 Å². The summed E-state index contributed by atoms with van der Waals surface area (Å²) in [6.45, 7) is 6.47. The monoisotopic (exact) mass is 582 g/mol. The maximum atomic E-state index is 12.4. The summed E-state index contributed by atoms with van der Waals surface area (Å²) in [5.74, 6) is -0.890. The van der Waals surface area contributed by atoms with Gasteiger partial charge in [-0.2, -0.15) is 0 Å². The lowest BCUT2D eigenvalue weighted by Crippen LogP contribution is -2.30. The van der Waals surface area contributed by atoms with Crippen LogP contribution in [0.5, 0.6) is 0 Å². The fraction of sp³-hybridized carbons (Fsp3) is 0.914. The van der Waals surface area contributed by atoms with Crippen molar-refractivity contribution < 1.29 is 28.6 Å². The van der Waals surface area contributed by atoms with Gasteiger partial charge < -0.3 is 14.2 Å². The first kappa shape index (κ1) is 39.4. The first-order chi connectivity index (χ1) is 20.0. The van der Waals surface area contributed by atoms with Crippen LogP contribution in [-0.2, 0) is 28.6 Å². The van der Waals surface area contributed by atoms with Gasteiger partial charge in [0.2, 0.25) is 0 Å². The van der Waals surface area contributed by atoms with Crippen molar-refractivity contribution in [2.75, 3.05) is 13.2 Å². The first-order valence-corrected chi connectivity index (χ1v) is 17.5. The van der Waals surface area contributed by atoms with Crippen LogP contribution in [0.3, 0.4) is 0 Å². The average Bonchev–Trinajstić information content (AvgIpc) is 2.96. The van der Waals surface area contributed by atoms with Gasteiger partial charge in [-0.25, -0.2) is 0 Å². The van der Waals surface area contributed by atoms with E-state index < -0.39 is 6.10 Å². The molecule has 1 atom stereocenters. The molecule has 0 aliphatic carbocycles. The van der Waals surface area contributed by atoms with Crippen molar-refractivity contribution in [3.63, 3.8) is 0 Å². The number of unbranched alkanes of at least 4 members (excludes halogenated alkanes) is 20. The van der Waals surface area contributed by atoms with E-state index in [0.717, 1.165) is 64.2 Å². The van der Waals surface area contributed by atoms with E-state index in [1.54, 1.807) is 0 Å². The third-order valence-electron chi connectivity index (χ3n) is 7.61. The standard InChI is InChI=1S/C35H66O6/c1-4-7-10-13-15-16-17-18-20-23-25-28-34(37)40-31-32(41-35(38)29-26-21-12-9-6-3)30-39-33(36)27-24-22-19-14-11-8-5-2/h32H,4-31H2,1-3H3/t32-/m0/s1. The highest BCUT2D eigenvalue weighted by molar-refractivity contribution is 5.71. The highest BCUT2D eigenvalue weighted by atomic mass is 16.6. The van der Waals surface area contributed by atoms with Crippen LogP contribution in [0, 0.1) is 0 Å². The molecule has 0 saturated heterocycles. The van der Waals surface area contributed by atoms with Crippen molar-refractivity contribution in [3.05, 3.63) is 0 Å². The molecule has 0 aromatic rings. The predicted octanol–water partition coefficient (Wildman–Crippen LogP) is 10.2. The van der Waals surface area contributed by atoms with Gasteiger partial charge in [-0.05, 0) is 19.3 Å². The molecule has 0 fully saturated rings. The molecule has 242 valence electrons. The Morgan fingerprint density at radius 3 is 0.976 bits per heavy atom. The minimum atomic E-state index is -0.752. The summed E-state index contributed by atoms with van der Waals surface area (Å²) in [6, 6.07) is 0. The molecule has 0 N–H and O–H groups in total. The van der Waals surface area contributed by atoms with Gasteiger partial charge in [0.25, 0.3) is 0 Å². The lowest BCUT2D eigenvalue weighted by atomic mass is 10.1. The third-order valence-corrected chi connectivity index (χ3v) is 7.61. The molecule has 0 aliphatic rings. The largest absolute Gasteiger partial charge is 0.462 e. The number of carbonyl (C=O) groups excluding carboxylic acids is 3. The predicted molar refractivity (Wildman–Crippen MR) is 169 cm³/mol. The Bertz CT molecular complexity index is 605. The van der Waals surface area contributed by atoms with Crippen LogP contribution in [-0.4, -0.2) is 37.2 Å². The zero-order chi connectivity index (χ0) is 30.2. The first-order valence-electron chi connectivity index (χ1n) is 17.5. The van der Waals surface area contributed by atoms with Crippen LogP contribution < -0.4 is 0 Å². The molecule has 0 rings (SSSR count). The molecule has 41 heavy (non-hydrogen) atoms. The molecule has 6 nitrogen and oxygen atoms in total. The number of ether oxygens (including phenoxy) is 3. The molecule has 0 heterocycles. The Hall–Kier alpha value is -1.59. The van der Waals surface area contributed by atoms with Gasteiger partial charge in [0.1, 0.15) is 13.2 Å². The highest BCUT2D eigenvalue weighted by Gasteiger charge is 2.19. The van der Waals surface area contributed by atoms with E-state index in [2.05, 4.69) is 20.8 Å². The van der Waals surface area contributed by atoms with Crippen molar-refractivity contribution >= 4 is 17.9 Å². The number of hydrogen-bond acceptors (Lipinski definition) is 6. The number of rotatable bonds is 31. The Morgan fingerprint density at radius 2 is 0.659 bits per heavy atom. The molecule has 0 saturated carbocycles. The minimum absolute atomic E-state index is 0.0663. The Labute approximate surface area is 253 Å². The normalized spacial score (nSPS) is 11.8. The van der Waals surface area contributed by atoms with Gasteiger partial charge in [0.05, 0.1) is 0 Å². The molecule has 0 spiro atoms. The minimum Gasteiger partial charge on any atom is -0.462 e. The fourth-order valence-corrected chi connectivity index (χ4v) is 4.91. The molecular formula is C35H66O6. The van der Waals surface area contributed by atoms with Crippen LogP contribution in [0.2, 0.25) is 0 Å². The number of carbonyl (C=O) groups is 3. The number of hydrogen-bond donors (Lipinski definition) is 0. The molecule has 0 unspecified atom stereocenters. The summed E-state index contributed by atoms with van der Waals surface area (Å²) >= 11 is 0. The fourth-order valence-electron chi connectivity index (χ4n) is 4.91.